The summed E-state index contributed by atoms with van der Waals surface area (Å²) in [5.74, 6) is -0.258. The highest BCUT2D eigenvalue weighted by Crippen LogP contribution is 2.46. The number of hydrogen-bond acceptors (Lipinski definition) is 5. The molecule has 6 nitrogen and oxygen atoms in total. The summed E-state index contributed by atoms with van der Waals surface area (Å²) < 4.78 is 32.1. The van der Waals surface area contributed by atoms with Crippen LogP contribution in [0.1, 0.15) is 37.7 Å². The monoisotopic (exact) mass is 413 g/mol. The molecule has 1 aromatic heterocycles. The number of ether oxygens (including phenoxy) is 3. The van der Waals surface area contributed by atoms with Gasteiger partial charge in [0.1, 0.15) is 23.7 Å². The number of nitrogens with zero attached hydrogens (tertiary/aromatic N) is 1. The van der Waals surface area contributed by atoms with Crippen LogP contribution in [0, 0.1) is 17.7 Å². The highest BCUT2D eigenvalue weighted by Gasteiger charge is 2.49. The van der Waals surface area contributed by atoms with E-state index in [1.54, 1.807) is 6.07 Å². The first-order valence-electron chi connectivity index (χ1n) is 10.5. The Morgan fingerprint density at radius 3 is 2.77 bits per heavy atom. The molecule has 0 amide bonds. The lowest BCUT2D eigenvalue weighted by molar-refractivity contribution is -0.139. The number of carbonyl (C=O) groups is 1. The summed E-state index contributed by atoms with van der Waals surface area (Å²) in [5.41, 5.74) is 1.81. The van der Waals surface area contributed by atoms with E-state index in [0.717, 1.165) is 43.4 Å². The summed E-state index contributed by atoms with van der Waals surface area (Å²) in [6.45, 7) is 0. The molecule has 5 rings (SSSR count). The number of halogens is 1. The molecular formula is C23H24FNO5. The van der Waals surface area contributed by atoms with Gasteiger partial charge in [0.25, 0.3) is 0 Å². The van der Waals surface area contributed by atoms with Gasteiger partial charge in [-0.2, -0.15) is 0 Å². The second-order valence-corrected chi connectivity index (χ2v) is 8.36. The van der Waals surface area contributed by atoms with E-state index in [1.165, 1.54) is 13.2 Å². The Labute approximate surface area is 174 Å². The first-order chi connectivity index (χ1) is 14.5. The zero-order chi connectivity index (χ0) is 20.8. The Hall–Kier alpha value is -2.83. The van der Waals surface area contributed by atoms with Crippen LogP contribution in [0.3, 0.4) is 0 Å². The van der Waals surface area contributed by atoms with Gasteiger partial charge in [-0.05, 0) is 62.3 Å². The molecule has 0 bridgehead atoms. The third kappa shape index (κ3) is 3.46. The van der Waals surface area contributed by atoms with E-state index >= 15 is 0 Å². The summed E-state index contributed by atoms with van der Waals surface area (Å²) in [6.07, 6.45) is 5.36. The van der Waals surface area contributed by atoms with E-state index in [4.69, 9.17) is 19.3 Å². The highest BCUT2D eigenvalue weighted by atomic mass is 19.1. The number of carboxylic acid groups (broad SMARTS) is 1. The number of aliphatic carboxylic acids is 1. The minimum absolute atomic E-state index is 0.0707. The lowest BCUT2D eigenvalue weighted by atomic mass is 9.96. The van der Waals surface area contributed by atoms with Crippen LogP contribution in [0.2, 0.25) is 0 Å². The van der Waals surface area contributed by atoms with E-state index < -0.39 is 11.8 Å². The first kappa shape index (κ1) is 19.2. The van der Waals surface area contributed by atoms with E-state index in [2.05, 4.69) is 4.98 Å². The Kier molecular flexibility index (Phi) is 4.76. The van der Waals surface area contributed by atoms with Gasteiger partial charge in [-0.3, -0.25) is 4.79 Å². The summed E-state index contributed by atoms with van der Waals surface area (Å²) in [6, 6.07) is 6.99. The quantitative estimate of drug-likeness (QED) is 0.763. The van der Waals surface area contributed by atoms with Crippen LogP contribution in [0.4, 0.5) is 4.39 Å². The van der Waals surface area contributed by atoms with Gasteiger partial charge in [0.2, 0.25) is 5.88 Å². The van der Waals surface area contributed by atoms with Crippen molar-refractivity contribution in [2.75, 3.05) is 7.11 Å². The second kappa shape index (κ2) is 7.45. The van der Waals surface area contributed by atoms with Crippen molar-refractivity contribution in [3.8, 4) is 28.6 Å². The summed E-state index contributed by atoms with van der Waals surface area (Å²) >= 11 is 0. The minimum atomic E-state index is -0.746. The molecule has 2 fully saturated rings. The van der Waals surface area contributed by atoms with Crippen molar-refractivity contribution in [2.24, 2.45) is 11.8 Å². The second-order valence-electron chi connectivity index (χ2n) is 8.36. The van der Waals surface area contributed by atoms with Gasteiger partial charge in [0, 0.05) is 17.5 Å². The SMILES string of the molecule is COc1cc(OC2CCC2)nc(-c2ccc3c(c2)CC[C@H]([C@@H]2C[C@H]2C(=O)O)O3)c1F. The maximum atomic E-state index is 15.0. The molecule has 1 aromatic carbocycles. The van der Waals surface area contributed by atoms with Gasteiger partial charge in [0.05, 0.1) is 13.0 Å². The van der Waals surface area contributed by atoms with E-state index in [-0.39, 0.29) is 35.5 Å². The van der Waals surface area contributed by atoms with Crippen LogP contribution in [-0.2, 0) is 11.2 Å². The molecule has 7 heteroatoms. The number of pyridine rings is 1. The lowest BCUT2D eigenvalue weighted by Gasteiger charge is -2.27. The molecule has 1 aliphatic heterocycles. The van der Waals surface area contributed by atoms with Crippen LogP contribution in [0.5, 0.6) is 17.4 Å². The maximum absolute atomic E-state index is 15.0. The Bertz CT molecular complexity index is 990. The van der Waals surface area contributed by atoms with Crippen LogP contribution in [0.25, 0.3) is 11.3 Å². The van der Waals surface area contributed by atoms with Crippen molar-refractivity contribution in [3.63, 3.8) is 0 Å². The molecule has 0 saturated heterocycles. The van der Waals surface area contributed by atoms with E-state index in [1.807, 2.05) is 12.1 Å². The highest BCUT2D eigenvalue weighted by molar-refractivity contribution is 5.73. The van der Waals surface area contributed by atoms with Crippen LogP contribution < -0.4 is 14.2 Å². The molecule has 158 valence electrons. The standard InChI is InChI=1S/C23H24FNO5/c1-28-19-11-20(29-14-3-2-4-14)25-22(21(19)24)13-6-7-17-12(9-13)5-8-18(30-17)15-10-16(15)23(26)27/h6-7,9,11,14-16,18H,2-5,8,10H2,1H3,(H,26,27)/t15-,16-,18-/m1/s1. The van der Waals surface area contributed by atoms with Crippen molar-refractivity contribution in [3.05, 3.63) is 35.6 Å². The molecule has 1 N–H and O–H groups in total. The van der Waals surface area contributed by atoms with Gasteiger partial charge in [-0.1, -0.05) is 0 Å². The molecule has 3 aliphatic rings. The molecule has 30 heavy (non-hydrogen) atoms. The average molecular weight is 413 g/mol. The van der Waals surface area contributed by atoms with E-state index in [0.29, 0.717) is 17.9 Å². The first-order valence-corrected chi connectivity index (χ1v) is 10.5. The lowest BCUT2D eigenvalue weighted by Crippen LogP contribution is -2.26. The van der Waals surface area contributed by atoms with Gasteiger partial charge >= 0.3 is 5.97 Å². The summed E-state index contributed by atoms with van der Waals surface area (Å²) in [4.78, 5) is 15.6. The fraction of sp³-hybridized carbons (Fsp3) is 0.478. The zero-order valence-electron chi connectivity index (χ0n) is 16.8. The fourth-order valence-electron chi connectivity index (χ4n) is 4.31. The Morgan fingerprint density at radius 2 is 2.10 bits per heavy atom. The molecule has 0 unspecified atom stereocenters. The predicted octanol–water partition coefficient (Wildman–Crippen LogP) is 4.24. The molecule has 2 aliphatic carbocycles. The molecule has 2 heterocycles. The molecule has 2 aromatic rings. The largest absolute Gasteiger partial charge is 0.493 e. The number of aryl methyl sites for hydroxylation is 1. The number of rotatable bonds is 6. The van der Waals surface area contributed by atoms with Crippen LogP contribution >= 0.6 is 0 Å². The maximum Gasteiger partial charge on any atom is 0.306 e. The molecule has 2 saturated carbocycles. The average Bonchev–Trinajstić information content (AvgIpc) is 3.52. The third-order valence-corrected chi connectivity index (χ3v) is 6.41. The van der Waals surface area contributed by atoms with Gasteiger partial charge in [-0.25, -0.2) is 9.37 Å². The normalized spacial score (nSPS) is 24.9. The fourth-order valence-corrected chi connectivity index (χ4v) is 4.31. The van der Waals surface area contributed by atoms with Gasteiger partial charge in [0.15, 0.2) is 11.6 Å². The third-order valence-electron chi connectivity index (χ3n) is 6.41. The minimum Gasteiger partial charge on any atom is -0.493 e. The van der Waals surface area contributed by atoms with Crippen molar-refractivity contribution >= 4 is 5.97 Å². The van der Waals surface area contributed by atoms with Crippen molar-refractivity contribution in [2.45, 2.75) is 50.7 Å². The number of benzene rings is 1. The number of carboxylic acids is 1. The smallest absolute Gasteiger partial charge is 0.306 e. The summed E-state index contributed by atoms with van der Waals surface area (Å²) in [5, 5.41) is 9.16. The van der Waals surface area contributed by atoms with Crippen molar-refractivity contribution in [1.29, 1.82) is 0 Å². The van der Waals surface area contributed by atoms with Crippen molar-refractivity contribution in [1.82, 2.24) is 4.98 Å². The van der Waals surface area contributed by atoms with Gasteiger partial charge < -0.3 is 19.3 Å². The van der Waals surface area contributed by atoms with Crippen LogP contribution in [-0.4, -0.2) is 35.4 Å². The number of fused-ring (bicyclic) bond motifs is 1. The molecule has 0 radical (unpaired) electrons. The van der Waals surface area contributed by atoms with Crippen LogP contribution in [0.15, 0.2) is 24.3 Å². The number of methoxy groups -OCH3 is 1. The summed E-state index contributed by atoms with van der Waals surface area (Å²) in [7, 11) is 1.43. The molecule has 0 spiro atoms. The zero-order valence-corrected chi connectivity index (χ0v) is 16.8. The predicted molar refractivity (Wildman–Crippen MR) is 106 cm³/mol. The van der Waals surface area contributed by atoms with Gasteiger partial charge in [-0.15, -0.1) is 0 Å². The topological polar surface area (TPSA) is 77.9 Å². The number of aromatic nitrogens is 1. The van der Waals surface area contributed by atoms with E-state index in [9.17, 15) is 9.18 Å². The van der Waals surface area contributed by atoms with Crippen molar-refractivity contribution < 1.29 is 28.5 Å². The number of hydrogen-bond donors (Lipinski definition) is 1. The molecular weight excluding hydrogens is 389 g/mol. The molecule has 3 atom stereocenters. The Balaban J connectivity index is 1.40. The Morgan fingerprint density at radius 1 is 1.27 bits per heavy atom.